The highest BCUT2D eigenvalue weighted by Crippen LogP contribution is 2.33. The molecule has 2 fully saturated rings. The Morgan fingerprint density at radius 1 is 1.00 bits per heavy atom. The first-order chi connectivity index (χ1) is 15.8. The topological polar surface area (TPSA) is 27.7 Å². The number of hydrogen-bond donors (Lipinski definition) is 1. The molecule has 0 spiro atoms. The van der Waals surface area contributed by atoms with E-state index >= 15 is 0 Å². The van der Waals surface area contributed by atoms with E-state index in [-0.39, 0.29) is 11.8 Å². The van der Waals surface area contributed by atoms with Crippen molar-refractivity contribution in [1.82, 2.24) is 10.2 Å². The molecule has 33 heavy (non-hydrogen) atoms. The average molecular weight is 530 g/mol. The number of anilines is 1. The Labute approximate surface area is 200 Å². The zero-order valence-electron chi connectivity index (χ0n) is 18.3. The highest BCUT2D eigenvalue weighted by atomic mass is 79.9. The Hall–Kier alpha value is -1.84. The van der Waals surface area contributed by atoms with E-state index in [9.17, 15) is 17.6 Å². The number of piperidine rings is 1. The quantitative estimate of drug-likeness (QED) is 0.521. The molecule has 2 aromatic carbocycles. The smallest absolute Gasteiger partial charge is 0.416 e. The summed E-state index contributed by atoms with van der Waals surface area (Å²) in [6, 6.07) is 8.72. The maximum absolute atomic E-state index is 14.3. The fraction of sp³-hybridized carbons (Fsp3) is 0.500. The van der Waals surface area contributed by atoms with Crippen LogP contribution in [0.1, 0.15) is 30.4 Å². The largest absolute Gasteiger partial charge is 0.489 e. The summed E-state index contributed by atoms with van der Waals surface area (Å²) in [6.45, 7) is 5.02. The Morgan fingerprint density at radius 3 is 2.55 bits per heavy atom. The van der Waals surface area contributed by atoms with Crippen molar-refractivity contribution in [3.05, 3.63) is 57.8 Å². The van der Waals surface area contributed by atoms with E-state index in [4.69, 9.17) is 4.74 Å². The summed E-state index contributed by atoms with van der Waals surface area (Å²) < 4.78 is 60.8. The van der Waals surface area contributed by atoms with Gasteiger partial charge in [0.15, 0.2) is 0 Å². The molecule has 2 heterocycles. The van der Waals surface area contributed by atoms with Crippen molar-refractivity contribution in [2.45, 2.75) is 38.1 Å². The molecule has 2 saturated heterocycles. The Morgan fingerprint density at radius 2 is 1.79 bits per heavy atom. The Kier molecular flexibility index (Phi) is 7.81. The predicted octanol–water partition coefficient (Wildman–Crippen LogP) is 5.45. The number of benzene rings is 2. The number of nitrogens with zero attached hydrogens (tertiary/aromatic N) is 2. The molecular weight excluding hydrogens is 502 g/mol. The van der Waals surface area contributed by atoms with Crippen molar-refractivity contribution in [1.29, 1.82) is 0 Å². The first-order valence-corrected chi connectivity index (χ1v) is 12.1. The molecule has 2 aliphatic heterocycles. The van der Waals surface area contributed by atoms with Crippen molar-refractivity contribution in [2.75, 3.05) is 44.2 Å². The zero-order valence-corrected chi connectivity index (χ0v) is 19.9. The molecule has 2 aliphatic rings. The van der Waals surface area contributed by atoms with Crippen LogP contribution >= 0.6 is 15.9 Å². The number of alkyl halides is 3. The summed E-state index contributed by atoms with van der Waals surface area (Å²) >= 11 is 3.58. The van der Waals surface area contributed by atoms with Gasteiger partial charge in [0.25, 0.3) is 0 Å². The van der Waals surface area contributed by atoms with Gasteiger partial charge in [-0.2, -0.15) is 13.2 Å². The van der Waals surface area contributed by atoms with E-state index in [2.05, 4.69) is 38.3 Å². The van der Waals surface area contributed by atoms with E-state index in [1.165, 1.54) is 0 Å². The van der Waals surface area contributed by atoms with Gasteiger partial charge in [0, 0.05) is 32.7 Å². The lowest BCUT2D eigenvalue weighted by atomic mass is 10.1. The Balaban J connectivity index is 1.40. The maximum Gasteiger partial charge on any atom is 0.416 e. The lowest BCUT2D eigenvalue weighted by molar-refractivity contribution is -0.137. The van der Waals surface area contributed by atoms with Crippen LogP contribution in [0.15, 0.2) is 40.9 Å². The van der Waals surface area contributed by atoms with E-state index in [1.54, 1.807) is 4.90 Å². The second-order valence-electron chi connectivity index (χ2n) is 8.61. The average Bonchev–Trinajstić information content (AvgIpc) is 3.02. The van der Waals surface area contributed by atoms with Crippen LogP contribution in [0, 0.1) is 5.82 Å². The minimum atomic E-state index is -4.49. The van der Waals surface area contributed by atoms with Crippen molar-refractivity contribution >= 4 is 21.6 Å². The summed E-state index contributed by atoms with van der Waals surface area (Å²) in [7, 11) is 0. The first kappa shape index (κ1) is 24.3. The van der Waals surface area contributed by atoms with Crippen LogP contribution in [0.5, 0.6) is 5.75 Å². The molecule has 0 unspecified atom stereocenters. The molecule has 4 rings (SSSR count). The summed E-state index contributed by atoms with van der Waals surface area (Å²) in [5.74, 6) is 0.214. The van der Waals surface area contributed by atoms with E-state index in [0.29, 0.717) is 26.2 Å². The van der Waals surface area contributed by atoms with Crippen LogP contribution in [0.2, 0.25) is 0 Å². The highest BCUT2D eigenvalue weighted by Gasteiger charge is 2.32. The fourth-order valence-electron chi connectivity index (χ4n) is 4.39. The third-order valence-corrected chi connectivity index (χ3v) is 6.84. The number of ether oxygens (including phenoxy) is 1. The van der Waals surface area contributed by atoms with Gasteiger partial charge < -0.3 is 15.0 Å². The third-order valence-electron chi connectivity index (χ3n) is 6.18. The zero-order chi connectivity index (χ0) is 23.4. The molecular formula is C24H28BrF4N3O. The molecule has 4 nitrogen and oxygen atoms in total. The van der Waals surface area contributed by atoms with E-state index in [0.717, 1.165) is 72.9 Å². The molecule has 0 bridgehead atoms. The van der Waals surface area contributed by atoms with Crippen LogP contribution in [0.3, 0.4) is 0 Å². The van der Waals surface area contributed by atoms with Crippen molar-refractivity contribution in [3.63, 3.8) is 0 Å². The van der Waals surface area contributed by atoms with Crippen molar-refractivity contribution in [2.24, 2.45) is 0 Å². The standard InChI is InChI=1S/C24H28BrF4N3O/c25-20-4-2-17(14-23(20)33-19-6-8-30-9-7-19)16-31-10-1-11-32(13-12-31)22-15-18(24(27,28)29)3-5-21(22)26/h2-5,14-15,19,30H,1,6-13,16H2. The molecule has 0 aromatic heterocycles. The summed E-state index contributed by atoms with van der Waals surface area (Å²) in [5, 5.41) is 3.33. The van der Waals surface area contributed by atoms with Crippen LogP contribution < -0.4 is 15.0 Å². The maximum atomic E-state index is 14.3. The van der Waals surface area contributed by atoms with Crippen LogP contribution in [-0.4, -0.2) is 50.3 Å². The van der Waals surface area contributed by atoms with Gasteiger partial charge in [0.05, 0.1) is 15.7 Å². The molecule has 0 radical (unpaired) electrons. The minimum absolute atomic E-state index is 0.0213. The molecule has 1 N–H and O–H groups in total. The van der Waals surface area contributed by atoms with Gasteiger partial charge in [-0.3, -0.25) is 4.90 Å². The van der Waals surface area contributed by atoms with Crippen LogP contribution in [0.25, 0.3) is 0 Å². The lowest BCUT2D eigenvalue weighted by Crippen LogP contribution is -2.34. The molecule has 0 amide bonds. The van der Waals surface area contributed by atoms with Crippen molar-refractivity contribution < 1.29 is 22.3 Å². The van der Waals surface area contributed by atoms with Gasteiger partial charge in [0.1, 0.15) is 17.7 Å². The van der Waals surface area contributed by atoms with Gasteiger partial charge in [-0.25, -0.2) is 4.39 Å². The van der Waals surface area contributed by atoms with Crippen LogP contribution in [0.4, 0.5) is 23.2 Å². The molecule has 2 aromatic rings. The van der Waals surface area contributed by atoms with Crippen LogP contribution in [-0.2, 0) is 12.7 Å². The monoisotopic (exact) mass is 529 g/mol. The van der Waals surface area contributed by atoms with E-state index < -0.39 is 17.6 Å². The van der Waals surface area contributed by atoms with Gasteiger partial charge in [-0.05, 0) is 84.2 Å². The highest BCUT2D eigenvalue weighted by molar-refractivity contribution is 9.10. The number of hydrogen-bond acceptors (Lipinski definition) is 4. The second kappa shape index (κ2) is 10.6. The fourth-order valence-corrected chi connectivity index (χ4v) is 4.73. The summed E-state index contributed by atoms with van der Waals surface area (Å²) in [4.78, 5) is 3.97. The molecule has 0 atom stereocenters. The molecule has 180 valence electrons. The van der Waals surface area contributed by atoms with Crippen molar-refractivity contribution in [3.8, 4) is 5.75 Å². The second-order valence-corrected chi connectivity index (χ2v) is 9.47. The first-order valence-electron chi connectivity index (χ1n) is 11.3. The minimum Gasteiger partial charge on any atom is -0.489 e. The Bertz CT molecular complexity index is 950. The normalized spacial score (nSPS) is 18.9. The number of halogens is 5. The molecule has 0 aliphatic carbocycles. The SMILES string of the molecule is Fc1ccc(C(F)(F)F)cc1N1CCCN(Cc2ccc(Br)c(OC3CCNCC3)c2)CC1. The number of rotatable bonds is 5. The van der Waals surface area contributed by atoms with Gasteiger partial charge in [0.2, 0.25) is 0 Å². The molecule has 0 saturated carbocycles. The summed E-state index contributed by atoms with van der Waals surface area (Å²) in [5.41, 5.74) is 0.310. The van der Waals surface area contributed by atoms with E-state index in [1.807, 2.05) is 6.07 Å². The predicted molar refractivity (Wildman–Crippen MR) is 124 cm³/mol. The third kappa shape index (κ3) is 6.39. The number of nitrogens with one attached hydrogen (secondary N) is 1. The summed E-state index contributed by atoms with van der Waals surface area (Å²) in [6.07, 6.45) is -1.59. The lowest BCUT2D eigenvalue weighted by Gasteiger charge is -2.26. The van der Waals surface area contributed by atoms with Gasteiger partial charge in [-0.15, -0.1) is 0 Å². The van der Waals surface area contributed by atoms with Gasteiger partial charge in [-0.1, -0.05) is 6.07 Å². The van der Waals surface area contributed by atoms with Gasteiger partial charge >= 0.3 is 6.18 Å². The molecule has 9 heteroatoms.